The van der Waals surface area contributed by atoms with Gasteiger partial charge in [-0.05, 0) is 18.1 Å². The van der Waals surface area contributed by atoms with Crippen LogP contribution in [0.4, 0.5) is 5.88 Å². The third-order valence-electron chi connectivity index (χ3n) is 4.82. The van der Waals surface area contributed by atoms with Crippen molar-refractivity contribution in [1.82, 2.24) is 10.5 Å². The molecule has 0 bridgehead atoms. The zero-order valence-corrected chi connectivity index (χ0v) is 18.0. The number of nitrogens with one attached hydrogen (secondary N) is 2. The minimum absolute atomic E-state index is 0.00176. The lowest BCUT2D eigenvalue weighted by atomic mass is 9.95. The second kappa shape index (κ2) is 11.8. The highest BCUT2D eigenvalue weighted by atomic mass is 16.5. The third kappa shape index (κ3) is 6.50. The number of aliphatic imine (C=N–C) groups is 1. The van der Waals surface area contributed by atoms with E-state index >= 15 is 0 Å². The van der Waals surface area contributed by atoms with Gasteiger partial charge in [-0.2, -0.15) is 0 Å². The van der Waals surface area contributed by atoms with Gasteiger partial charge in [0.25, 0.3) is 0 Å². The van der Waals surface area contributed by atoms with Gasteiger partial charge in [-0.15, -0.1) is 0 Å². The topological polar surface area (TPSA) is 120 Å². The molecule has 0 aliphatic heterocycles. The molecule has 1 heterocycles. The van der Waals surface area contributed by atoms with E-state index in [2.05, 4.69) is 20.8 Å². The average Bonchev–Trinajstić information content (AvgIpc) is 3.30. The molecule has 1 unspecified atom stereocenters. The number of rotatable bonds is 10. The van der Waals surface area contributed by atoms with Gasteiger partial charge < -0.3 is 20.1 Å². The fourth-order valence-electron chi connectivity index (χ4n) is 3.23. The van der Waals surface area contributed by atoms with Gasteiger partial charge >= 0.3 is 0 Å². The van der Waals surface area contributed by atoms with Gasteiger partial charge in [-0.3, -0.25) is 15.1 Å². The molecule has 0 aliphatic rings. The summed E-state index contributed by atoms with van der Waals surface area (Å²) < 4.78 is 5.37. The number of nitrogens with zero attached hydrogens (tertiary/aromatic N) is 2. The van der Waals surface area contributed by atoms with Crippen molar-refractivity contribution in [2.24, 2.45) is 4.99 Å². The molecule has 0 aliphatic carbocycles. The number of aliphatic hydroxyl groups is 2. The van der Waals surface area contributed by atoms with E-state index in [0.29, 0.717) is 35.9 Å². The van der Waals surface area contributed by atoms with Crippen LogP contribution in [0.25, 0.3) is 0 Å². The molecular weight excluding hydrogens is 408 g/mol. The molecule has 0 saturated carbocycles. The molecule has 0 saturated heterocycles. The number of aliphatic hydroxyl groups excluding tert-OH is 2. The second-order valence-electron chi connectivity index (χ2n) is 7.35. The first-order valence-electron chi connectivity index (χ1n) is 10.5. The Bertz CT molecular complexity index is 1030. The number of hydrogen-bond donors (Lipinski definition) is 4. The maximum Gasteiger partial charge on any atom is 0.231 e. The third-order valence-corrected chi connectivity index (χ3v) is 4.82. The summed E-state index contributed by atoms with van der Waals surface area (Å²) in [5, 5.41) is 28.0. The Balaban J connectivity index is 1.66. The monoisotopic (exact) mass is 436 g/mol. The molecule has 1 aromatic heterocycles. The van der Waals surface area contributed by atoms with Crippen molar-refractivity contribution in [3.05, 3.63) is 83.0 Å². The van der Waals surface area contributed by atoms with Gasteiger partial charge in [-0.25, -0.2) is 0 Å². The van der Waals surface area contributed by atoms with Crippen molar-refractivity contribution >= 4 is 17.6 Å². The maximum atomic E-state index is 12.7. The molecule has 168 valence electrons. The van der Waals surface area contributed by atoms with Crippen LogP contribution in [0.1, 0.15) is 40.0 Å². The predicted molar refractivity (Wildman–Crippen MR) is 123 cm³/mol. The van der Waals surface area contributed by atoms with Gasteiger partial charge in [0.05, 0.1) is 25.5 Å². The van der Waals surface area contributed by atoms with Gasteiger partial charge in [0.15, 0.2) is 11.7 Å². The zero-order valence-electron chi connectivity index (χ0n) is 18.0. The molecule has 8 nitrogen and oxygen atoms in total. The summed E-state index contributed by atoms with van der Waals surface area (Å²) >= 11 is 0. The maximum absolute atomic E-state index is 12.7. The number of guanidine groups is 1. The SMILES string of the molecule is CC(Cc1cccc(C(=O)c2ccccc2)c1)c1cc(NC(=NCCO)NCCO)on1. The molecule has 4 N–H and O–H groups in total. The smallest absolute Gasteiger partial charge is 0.231 e. The first-order valence-corrected chi connectivity index (χ1v) is 10.5. The summed E-state index contributed by atoms with van der Waals surface area (Å²) in [6.45, 7) is 2.43. The van der Waals surface area contributed by atoms with E-state index in [1.807, 2.05) is 61.5 Å². The molecule has 3 rings (SSSR count). The van der Waals surface area contributed by atoms with Gasteiger partial charge in [0, 0.05) is 29.7 Å². The lowest BCUT2D eigenvalue weighted by Gasteiger charge is -2.10. The molecule has 0 spiro atoms. The molecule has 32 heavy (non-hydrogen) atoms. The van der Waals surface area contributed by atoms with Crippen LogP contribution in [0.5, 0.6) is 0 Å². The lowest BCUT2D eigenvalue weighted by molar-refractivity contribution is 0.103. The summed E-state index contributed by atoms with van der Waals surface area (Å²) in [5.41, 5.74) is 3.11. The summed E-state index contributed by atoms with van der Waals surface area (Å²) in [5.74, 6) is 0.843. The first-order chi connectivity index (χ1) is 15.6. The van der Waals surface area contributed by atoms with Crippen LogP contribution in [0.15, 0.2) is 70.2 Å². The van der Waals surface area contributed by atoms with Crippen LogP contribution < -0.4 is 10.6 Å². The van der Waals surface area contributed by atoms with Gasteiger partial charge in [-0.1, -0.05) is 60.6 Å². The molecule has 3 aromatic rings. The first kappa shape index (κ1) is 23.2. The molecule has 0 fully saturated rings. The van der Waals surface area contributed by atoms with E-state index < -0.39 is 0 Å². The van der Waals surface area contributed by atoms with E-state index in [1.54, 1.807) is 6.07 Å². The summed E-state index contributed by atoms with van der Waals surface area (Å²) in [6, 6.07) is 18.7. The van der Waals surface area contributed by atoms with Gasteiger partial charge in [0.1, 0.15) is 0 Å². The van der Waals surface area contributed by atoms with E-state index in [0.717, 1.165) is 11.3 Å². The number of ketones is 1. The molecule has 2 aromatic carbocycles. The largest absolute Gasteiger partial charge is 0.395 e. The Morgan fingerprint density at radius 1 is 1.06 bits per heavy atom. The van der Waals surface area contributed by atoms with Crippen LogP contribution in [0.2, 0.25) is 0 Å². The predicted octanol–water partition coefficient (Wildman–Crippen LogP) is 2.59. The number of carbonyl (C=O) groups excluding carboxylic acids is 1. The van der Waals surface area contributed by atoms with Crippen molar-refractivity contribution in [1.29, 1.82) is 0 Å². The van der Waals surface area contributed by atoms with Crippen LogP contribution in [0, 0.1) is 0 Å². The van der Waals surface area contributed by atoms with E-state index in [-0.39, 0.29) is 31.5 Å². The van der Waals surface area contributed by atoms with Gasteiger partial charge in [0.2, 0.25) is 5.88 Å². The molecular formula is C24H28N4O4. The van der Waals surface area contributed by atoms with Crippen molar-refractivity contribution in [2.45, 2.75) is 19.3 Å². The van der Waals surface area contributed by atoms with Crippen molar-refractivity contribution in [3.63, 3.8) is 0 Å². The summed E-state index contributed by atoms with van der Waals surface area (Å²) in [6.07, 6.45) is 0.691. The van der Waals surface area contributed by atoms with Crippen LogP contribution in [0.3, 0.4) is 0 Å². The Kier molecular flexibility index (Phi) is 8.53. The summed E-state index contributed by atoms with van der Waals surface area (Å²) in [7, 11) is 0. The van der Waals surface area contributed by atoms with E-state index in [9.17, 15) is 4.79 Å². The fraction of sp³-hybridized carbons (Fsp3) is 0.292. The number of benzene rings is 2. The Morgan fingerprint density at radius 2 is 1.84 bits per heavy atom. The lowest BCUT2D eigenvalue weighted by Crippen LogP contribution is -2.33. The van der Waals surface area contributed by atoms with Crippen LogP contribution >= 0.6 is 0 Å². The Hall–Kier alpha value is -3.49. The van der Waals surface area contributed by atoms with E-state index in [4.69, 9.17) is 14.7 Å². The molecule has 0 radical (unpaired) electrons. The Labute approximate surface area is 187 Å². The van der Waals surface area contributed by atoms with E-state index in [1.165, 1.54) is 0 Å². The molecule has 1 atom stereocenters. The quantitative estimate of drug-likeness (QED) is 0.219. The normalized spacial score (nSPS) is 12.4. The standard InChI is InChI=1S/C24H28N4O4/c1-17(21-16-22(32-28-21)27-24(25-10-12-29)26-11-13-30)14-18-6-5-9-20(15-18)23(31)19-7-3-2-4-8-19/h2-9,15-17,29-30H,10-14H2,1H3,(H2,25,26,27). The van der Waals surface area contributed by atoms with Crippen LogP contribution in [-0.4, -0.2) is 53.4 Å². The number of anilines is 1. The fourth-order valence-corrected chi connectivity index (χ4v) is 3.23. The Morgan fingerprint density at radius 3 is 2.59 bits per heavy atom. The highest BCUT2D eigenvalue weighted by Gasteiger charge is 2.15. The van der Waals surface area contributed by atoms with Crippen LogP contribution in [-0.2, 0) is 6.42 Å². The molecule has 0 amide bonds. The second-order valence-corrected chi connectivity index (χ2v) is 7.35. The number of aromatic nitrogens is 1. The minimum atomic E-state index is -0.0868. The van der Waals surface area contributed by atoms with Crippen molar-refractivity contribution in [3.8, 4) is 0 Å². The summed E-state index contributed by atoms with van der Waals surface area (Å²) in [4.78, 5) is 16.9. The van der Waals surface area contributed by atoms with Crippen molar-refractivity contribution < 1.29 is 19.5 Å². The number of hydrogen-bond acceptors (Lipinski definition) is 6. The average molecular weight is 437 g/mol. The highest BCUT2D eigenvalue weighted by Crippen LogP contribution is 2.23. The molecule has 8 heteroatoms. The minimum Gasteiger partial charge on any atom is -0.395 e. The zero-order chi connectivity index (χ0) is 22.8. The highest BCUT2D eigenvalue weighted by molar-refractivity contribution is 6.09. The van der Waals surface area contributed by atoms with Crippen molar-refractivity contribution in [2.75, 3.05) is 31.6 Å². The number of carbonyl (C=O) groups is 1.